The van der Waals surface area contributed by atoms with Crippen LogP contribution in [0.15, 0.2) is 36.4 Å². The van der Waals surface area contributed by atoms with Crippen LogP contribution in [0.2, 0.25) is 0 Å². The predicted octanol–water partition coefficient (Wildman–Crippen LogP) is 2.81. The van der Waals surface area contributed by atoms with Gasteiger partial charge >= 0.3 is 0 Å². The molecular formula is C22H28N4O2. The van der Waals surface area contributed by atoms with E-state index in [1.54, 1.807) is 6.07 Å². The lowest BCUT2D eigenvalue weighted by Gasteiger charge is -2.38. The van der Waals surface area contributed by atoms with Gasteiger partial charge in [0.2, 0.25) is 5.91 Å². The summed E-state index contributed by atoms with van der Waals surface area (Å²) in [6.07, 6.45) is 4.41. The Hall–Kier alpha value is -2.63. The third-order valence-corrected chi connectivity index (χ3v) is 6.18. The number of likely N-dealkylation sites (tertiary alicyclic amines) is 2. The summed E-state index contributed by atoms with van der Waals surface area (Å²) in [6, 6.07) is 12.2. The van der Waals surface area contributed by atoms with Crippen LogP contribution < -0.4 is 0 Å². The van der Waals surface area contributed by atoms with Crippen LogP contribution in [-0.4, -0.2) is 58.0 Å². The van der Waals surface area contributed by atoms with Crippen LogP contribution in [0.3, 0.4) is 0 Å². The zero-order chi connectivity index (χ0) is 19.6. The maximum absolute atomic E-state index is 12.6. The number of rotatable bonds is 5. The van der Waals surface area contributed by atoms with Crippen LogP contribution >= 0.6 is 0 Å². The van der Waals surface area contributed by atoms with Gasteiger partial charge in [-0.05, 0) is 44.2 Å². The van der Waals surface area contributed by atoms with E-state index in [0.717, 1.165) is 44.5 Å². The molecule has 0 unspecified atom stereocenters. The SMILES string of the molecule is Cc1cc(C(=O)N2CCC3(CC2)CC(=O)N(CCCc2ccccc2)C3)n[nH]1. The van der Waals surface area contributed by atoms with E-state index in [0.29, 0.717) is 25.2 Å². The number of benzene rings is 1. The second-order valence-electron chi connectivity index (χ2n) is 8.31. The first kappa shape index (κ1) is 18.7. The van der Waals surface area contributed by atoms with Gasteiger partial charge in [0.25, 0.3) is 5.91 Å². The second-order valence-corrected chi connectivity index (χ2v) is 8.31. The highest BCUT2D eigenvalue weighted by atomic mass is 16.2. The lowest BCUT2D eigenvalue weighted by atomic mass is 9.77. The molecule has 148 valence electrons. The van der Waals surface area contributed by atoms with Gasteiger partial charge in [-0.2, -0.15) is 5.10 Å². The van der Waals surface area contributed by atoms with E-state index in [-0.39, 0.29) is 17.2 Å². The van der Waals surface area contributed by atoms with Crippen molar-refractivity contribution in [3.05, 3.63) is 53.3 Å². The molecule has 2 aliphatic rings. The fourth-order valence-electron chi connectivity index (χ4n) is 4.51. The van der Waals surface area contributed by atoms with Gasteiger partial charge in [-0.25, -0.2) is 0 Å². The molecule has 4 rings (SSSR count). The van der Waals surface area contributed by atoms with E-state index in [9.17, 15) is 9.59 Å². The number of aromatic nitrogens is 2. The fraction of sp³-hybridized carbons (Fsp3) is 0.500. The lowest BCUT2D eigenvalue weighted by Crippen LogP contribution is -2.44. The summed E-state index contributed by atoms with van der Waals surface area (Å²) in [6.45, 7) is 4.96. The molecule has 6 nitrogen and oxygen atoms in total. The number of hydrogen-bond acceptors (Lipinski definition) is 3. The molecule has 0 bridgehead atoms. The zero-order valence-electron chi connectivity index (χ0n) is 16.5. The number of nitrogens with one attached hydrogen (secondary N) is 1. The van der Waals surface area contributed by atoms with Gasteiger partial charge < -0.3 is 9.80 Å². The van der Waals surface area contributed by atoms with E-state index in [1.165, 1.54) is 5.56 Å². The standard InChI is InChI=1S/C22H28N4O2/c1-17-14-19(24-23-17)21(28)25-12-9-22(10-13-25)15-20(27)26(16-22)11-5-8-18-6-3-2-4-7-18/h2-4,6-7,14H,5,8-13,15-16H2,1H3,(H,23,24). The number of piperidine rings is 1. The van der Waals surface area contributed by atoms with E-state index >= 15 is 0 Å². The van der Waals surface area contributed by atoms with Gasteiger partial charge in [-0.15, -0.1) is 0 Å². The third-order valence-electron chi connectivity index (χ3n) is 6.18. The van der Waals surface area contributed by atoms with Gasteiger partial charge in [0.1, 0.15) is 5.69 Å². The van der Waals surface area contributed by atoms with Crippen LogP contribution in [0.25, 0.3) is 0 Å². The molecule has 28 heavy (non-hydrogen) atoms. The summed E-state index contributed by atoms with van der Waals surface area (Å²) in [7, 11) is 0. The summed E-state index contributed by atoms with van der Waals surface area (Å²) in [4.78, 5) is 29.1. The number of carbonyl (C=O) groups excluding carboxylic acids is 2. The van der Waals surface area contributed by atoms with Crippen molar-refractivity contribution < 1.29 is 9.59 Å². The molecule has 1 aromatic heterocycles. The molecule has 0 aliphatic carbocycles. The van der Waals surface area contributed by atoms with Crippen LogP contribution in [0.4, 0.5) is 0 Å². The predicted molar refractivity (Wildman–Crippen MR) is 107 cm³/mol. The van der Waals surface area contributed by atoms with Gasteiger partial charge in [-0.1, -0.05) is 30.3 Å². The summed E-state index contributed by atoms with van der Waals surface area (Å²) >= 11 is 0. The minimum Gasteiger partial charge on any atom is -0.342 e. The maximum atomic E-state index is 12.6. The minimum atomic E-state index is -0.0109. The first-order chi connectivity index (χ1) is 13.5. The number of carbonyl (C=O) groups is 2. The second kappa shape index (κ2) is 7.78. The number of aryl methyl sites for hydroxylation is 2. The molecule has 3 heterocycles. The average Bonchev–Trinajstić information content (AvgIpc) is 3.26. The molecule has 2 saturated heterocycles. The monoisotopic (exact) mass is 380 g/mol. The number of H-pyrrole nitrogens is 1. The molecule has 0 saturated carbocycles. The summed E-state index contributed by atoms with van der Waals surface area (Å²) in [5.74, 6) is 0.263. The van der Waals surface area contributed by atoms with Gasteiger partial charge in [0.05, 0.1) is 0 Å². The van der Waals surface area contributed by atoms with Gasteiger partial charge in [-0.3, -0.25) is 14.7 Å². The van der Waals surface area contributed by atoms with E-state index in [4.69, 9.17) is 0 Å². The zero-order valence-corrected chi connectivity index (χ0v) is 16.5. The number of hydrogen-bond donors (Lipinski definition) is 1. The highest BCUT2D eigenvalue weighted by Gasteiger charge is 2.45. The molecule has 2 aliphatic heterocycles. The van der Waals surface area contributed by atoms with Crippen molar-refractivity contribution in [3.8, 4) is 0 Å². The molecule has 0 radical (unpaired) electrons. The quantitative estimate of drug-likeness (QED) is 0.867. The lowest BCUT2D eigenvalue weighted by molar-refractivity contribution is -0.127. The van der Waals surface area contributed by atoms with Crippen molar-refractivity contribution in [1.82, 2.24) is 20.0 Å². The van der Waals surface area contributed by atoms with Crippen molar-refractivity contribution in [2.75, 3.05) is 26.2 Å². The highest BCUT2D eigenvalue weighted by molar-refractivity contribution is 5.92. The Labute approximate surface area is 165 Å². The summed E-state index contributed by atoms with van der Waals surface area (Å²) in [5.41, 5.74) is 2.74. The Morgan fingerprint density at radius 1 is 1.21 bits per heavy atom. The van der Waals surface area contributed by atoms with E-state index in [2.05, 4.69) is 34.5 Å². The van der Waals surface area contributed by atoms with Crippen molar-refractivity contribution >= 4 is 11.8 Å². The van der Waals surface area contributed by atoms with Gasteiger partial charge in [0, 0.05) is 43.7 Å². The Kier molecular flexibility index (Phi) is 5.20. The fourth-order valence-corrected chi connectivity index (χ4v) is 4.51. The first-order valence-electron chi connectivity index (χ1n) is 10.2. The van der Waals surface area contributed by atoms with Crippen LogP contribution in [0.5, 0.6) is 0 Å². The minimum absolute atomic E-state index is 0.0109. The summed E-state index contributed by atoms with van der Waals surface area (Å²) < 4.78 is 0. The molecule has 2 fully saturated rings. The number of nitrogens with zero attached hydrogens (tertiary/aromatic N) is 3. The normalized spacial score (nSPS) is 18.8. The number of amides is 2. The first-order valence-corrected chi connectivity index (χ1v) is 10.2. The molecular weight excluding hydrogens is 352 g/mol. The third kappa shape index (κ3) is 3.96. The maximum Gasteiger partial charge on any atom is 0.274 e. The Balaban J connectivity index is 1.28. The average molecular weight is 380 g/mol. The Morgan fingerprint density at radius 3 is 2.64 bits per heavy atom. The molecule has 6 heteroatoms. The van der Waals surface area contributed by atoms with Crippen molar-refractivity contribution in [3.63, 3.8) is 0 Å². The molecule has 1 N–H and O–H groups in total. The Morgan fingerprint density at radius 2 is 1.96 bits per heavy atom. The van der Waals surface area contributed by atoms with Crippen LogP contribution in [0.1, 0.15) is 47.4 Å². The summed E-state index contributed by atoms with van der Waals surface area (Å²) in [5, 5.41) is 6.92. The smallest absolute Gasteiger partial charge is 0.274 e. The van der Waals surface area contributed by atoms with Gasteiger partial charge in [0.15, 0.2) is 0 Å². The van der Waals surface area contributed by atoms with Crippen molar-refractivity contribution in [2.24, 2.45) is 5.41 Å². The topological polar surface area (TPSA) is 69.3 Å². The number of aromatic amines is 1. The largest absolute Gasteiger partial charge is 0.342 e. The molecule has 1 aromatic carbocycles. The van der Waals surface area contributed by atoms with E-state index in [1.807, 2.05) is 22.8 Å². The Bertz CT molecular complexity index is 837. The van der Waals surface area contributed by atoms with Crippen molar-refractivity contribution in [1.29, 1.82) is 0 Å². The van der Waals surface area contributed by atoms with Crippen LogP contribution in [0, 0.1) is 12.3 Å². The molecule has 0 atom stereocenters. The molecule has 1 spiro atoms. The molecule has 2 amide bonds. The van der Waals surface area contributed by atoms with Crippen LogP contribution in [-0.2, 0) is 11.2 Å². The van der Waals surface area contributed by atoms with E-state index < -0.39 is 0 Å². The van der Waals surface area contributed by atoms with Crippen molar-refractivity contribution in [2.45, 2.75) is 39.0 Å². The molecule has 2 aromatic rings. The highest BCUT2D eigenvalue weighted by Crippen LogP contribution is 2.41.